The molecule has 0 bridgehead atoms. The first-order valence-electron chi connectivity index (χ1n) is 19.5. The molecule has 0 atom stereocenters. The lowest BCUT2D eigenvalue weighted by Gasteiger charge is -2.31. The maximum absolute atomic E-state index is 5.43. The van der Waals surface area contributed by atoms with Crippen molar-refractivity contribution in [3.63, 3.8) is 0 Å². The lowest BCUT2D eigenvalue weighted by molar-refractivity contribution is 0.797. The van der Waals surface area contributed by atoms with Gasteiger partial charge in [-0.1, -0.05) is 182 Å². The fourth-order valence-corrected chi connectivity index (χ4v) is 9.71. The van der Waals surface area contributed by atoms with E-state index in [1.807, 2.05) is 18.2 Å². The molecule has 0 radical (unpaired) electrons. The molecule has 0 saturated carbocycles. The number of benzene rings is 9. The molecule has 1 heterocycles. The van der Waals surface area contributed by atoms with Gasteiger partial charge in [-0.2, -0.15) is 0 Å². The van der Waals surface area contributed by atoms with Crippen LogP contribution < -0.4 is 0 Å². The quantitative estimate of drug-likeness (QED) is 0.166. The molecule has 0 N–H and O–H groups in total. The minimum absolute atomic E-state index is 0.475. The van der Waals surface area contributed by atoms with Crippen LogP contribution in [0.4, 0.5) is 0 Å². The summed E-state index contributed by atoms with van der Waals surface area (Å²) in [6.45, 7) is 0. The fourth-order valence-electron chi connectivity index (χ4n) is 9.71. The van der Waals surface area contributed by atoms with Crippen molar-refractivity contribution in [3.8, 4) is 67.5 Å². The second kappa shape index (κ2) is 12.3. The van der Waals surface area contributed by atoms with Gasteiger partial charge in [0.1, 0.15) is 0 Å². The van der Waals surface area contributed by atoms with Crippen LogP contribution in [0.1, 0.15) is 22.3 Å². The van der Waals surface area contributed by atoms with Crippen molar-refractivity contribution in [1.29, 1.82) is 0 Å². The van der Waals surface area contributed by atoms with Crippen molar-refractivity contribution in [3.05, 3.63) is 222 Å². The summed E-state index contributed by atoms with van der Waals surface area (Å²) in [4.78, 5) is 16.0. The highest BCUT2D eigenvalue weighted by Gasteiger charge is 2.51. The molecular weight excluding hydrogens is 691 g/mol. The molecule has 3 heteroatoms. The molecule has 0 aliphatic heterocycles. The van der Waals surface area contributed by atoms with Gasteiger partial charge < -0.3 is 0 Å². The Hall–Kier alpha value is -7.49. The van der Waals surface area contributed by atoms with Crippen LogP contribution in [0.5, 0.6) is 0 Å². The number of rotatable bonds is 5. The van der Waals surface area contributed by atoms with Crippen molar-refractivity contribution in [2.75, 3.05) is 0 Å². The second-order valence-electron chi connectivity index (χ2n) is 15.1. The molecular formula is C54H33N3. The summed E-state index contributed by atoms with van der Waals surface area (Å²) in [7, 11) is 0. The Morgan fingerprint density at radius 1 is 0.281 bits per heavy atom. The van der Waals surface area contributed by atoms with E-state index in [0.29, 0.717) is 17.5 Å². The van der Waals surface area contributed by atoms with Gasteiger partial charge in [-0.25, -0.2) is 15.0 Å². The molecule has 2 aliphatic rings. The van der Waals surface area contributed by atoms with Gasteiger partial charge in [-0.15, -0.1) is 0 Å². The smallest absolute Gasteiger partial charge is 0.164 e. The second-order valence-corrected chi connectivity index (χ2v) is 15.1. The Bertz CT molecular complexity index is 3110. The summed E-state index contributed by atoms with van der Waals surface area (Å²) in [5, 5.41) is 5.24. The molecule has 57 heavy (non-hydrogen) atoms. The van der Waals surface area contributed by atoms with Crippen LogP contribution in [0.15, 0.2) is 200 Å². The molecule has 3 nitrogen and oxygen atoms in total. The first-order valence-corrected chi connectivity index (χ1v) is 19.5. The predicted octanol–water partition coefficient (Wildman–Crippen LogP) is 13.2. The lowest BCUT2D eigenvalue weighted by atomic mass is 9.70. The van der Waals surface area contributed by atoms with Gasteiger partial charge in [-0.05, 0) is 95.4 Å². The fraction of sp³-hybridized carbons (Fsp3) is 0.0185. The first-order chi connectivity index (χ1) is 28.3. The summed E-state index contributed by atoms with van der Waals surface area (Å²) in [6, 6.07) is 71.9. The Labute approximate surface area is 330 Å². The normalized spacial score (nSPS) is 13.1. The minimum Gasteiger partial charge on any atom is -0.208 e. The zero-order valence-electron chi connectivity index (χ0n) is 30.9. The molecule has 0 saturated heterocycles. The van der Waals surface area contributed by atoms with Crippen molar-refractivity contribution in [2.45, 2.75) is 5.41 Å². The van der Waals surface area contributed by atoms with Crippen molar-refractivity contribution in [2.24, 2.45) is 0 Å². The Morgan fingerprint density at radius 3 is 1.33 bits per heavy atom. The van der Waals surface area contributed by atoms with Gasteiger partial charge >= 0.3 is 0 Å². The summed E-state index contributed by atoms with van der Waals surface area (Å²) in [6.07, 6.45) is 0. The van der Waals surface area contributed by atoms with Crippen LogP contribution in [0.3, 0.4) is 0 Å². The van der Waals surface area contributed by atoms with E-state index in [1.54, 1.807) is 0 Å². The Morgan fingerprint density at radius 2 is 0.719 bits per heavy atom. The summed E-state index contributed by atoms with van der Waals surface area (Å²) in [5.41, 5.74) is 14.5. The van der Waals surface area contributed by atoms with Crippen LogP contribution in [0, 0.1) is 0 Å². The summed E-state index contributed by atoms with van der Waals surface area (Å²) >= 11 is 0. The first kappa shape index (κ1) is 31.8. The maximum atomic E-state index is 5.43. The van der Waals surface area contributed by atoms with E-state index in [4.69, 9.17) is 15.0 Å². The Kier molecular flexibility index (Phi) is 6.84. The number of hydrogen-bond donors (Lipinski definition) is 0. The number of hydrogen-bond acceptors (Lipinski definition) is 3. The monoisotopic (exact) mass is 723 g/mol. The molecule has 0 amide bonds. The van der Waals surface area contributed by atoms with Gasteiger partial charge in [0.25, 0.3) is 0 Å². The lowest BCUT2D eigenvalue weighted by Crippen LogP contribution is -2.26. The maximum Gasteiger partial charge on any atom is 0.164 e. The van der Waals surface area contributed by atoms with Crippen molar-refractivity contribution < 1.29 is 0 Å². The van der Waals surface area contributed by atoms with Crippen LogP contribution in [-0.2, 0) is 5.41 Å². The molecule has 264 valence electrons. The van der Waals surface area contributed by atoms with E-state index in [0.717, 1.165) is 38.9 Å². The highest BCUT2D eigenvalue weighted by Crippen LogP contribution is 2.63. The highest BCUT2D eigenvalue weighted by molar-refractivity contribution is 6.17. The molecule has 10 aromatic rings. The van der Waals surface area contributed by atoms with Crippen LogP contribution in [0.25, 0.3) is 89.1 Å². The SMILES string of the molecule is c1ccc(-c2cc(-c3ccccc3)cc(-c3nc(-c4ccccc4)nc(-c4cccc5c4-c4ccccc4C54c5cccc6ccc7cccc4c7c56)n3)c2)cc1. The standard InChI is InChI=1S/C54H33N3/c1-4-15-34(16-5-1)39-31-40(35-17-6-2-7-18-35)33-41(32-39)52-55-51(38-19-8-3-9-20-38)56-53(57-52)43-24-14-28-47-50(43)42-23-10-11-25-44(42)54(47)45-26-12-21-36-29-30-37-22-13-27-46(54)49(37)48(36)45/h1-33H. The van der Waals surface area contributed by atoms with E-state index in [2.05, 4.69) is 182 Å². The van der Waals surface area contributed by atoms with Gasteiger partial charge in [0.05, 0.1) is 5.41 Å². The van der Waals surface area contributed by atoms with Crippen LogP contribution in [-0.4, -0.2) is 15.0 Å². The molecule has 1 spiro atoms. The molecule has 9 aromatic carbocycles. The van der Waals surface area contributed by atoms with Gasteiger partial charge in [0.2, 0.25) is 0 Å². The van der Waals surface area contributed by atoms with Crippen molar-refractivity contribution in [1.82, 2.24) is 15.0 Å². The highest BCUT2D eigenvalue weighted by atomic mass is 15.0. The van der Waals surface area contributed by atoms with Crippen molar-refractivity contribution >= 4 is 21.5 Å². The number of nitrogens with zero attached hydrogens (tertiary/aromatic N) is 3. The van der Waals surface area contributed by atoms with E-state index >= 15 is 0 Å². The van der Waals surface area contributed by atoms with E-state index in [9.17, 15) is 0 Å². The zero-order chi connectivity index (χ0) is 37.5. The van der Waals surface area contributed by atoms with E-state index in [1.165, 1.54) is 54.9 Å². The summed E-state index contributed by atoms with van der Waals surface area (Å²) < 4.78 is 0. The predicted molar refractivity (Wildman–Crippen MR) is 233 cm³/mol. The minimum atomic E-state index is -0.475. The molecule has 12 rings (SSSR count). The van der Waals surface area contributed by atoms with Gasteiger partial charge in [0.15, 0.2) is 17.5 Å². The average Bonchev–Trinajstić information content (AvgIpc) is 3.77. The van der Waals surface area contributed by atoms with E-state index < -0.39 is 5.41 Å². The average molecular weight is 724 g/mol. The largest absolute Gasteiger partial charge is 0.208 e. The molecule has 0 fully saturated rings. The van der Waals surface area contributed by atoms with Gasteiger partial charge in [-0.3, -0.25) is 0 Å². The zero-order valence-corrected chi connectivity index (χ0v) is 30.9. The third-order valence-electron chi connectivity index (χ3n) is 12.1. The number of fused-ring (bicyclic) bond motifs is 7. The van der Waals surface area contributed by atoms with E-state index in [-0.39, 0.29) is 0 Å². The number of aromatic nitrogens is 3. The molecule has 0 unspecified atom stereocenters. The topological polar surface area (TPSA) is 38.7 Å². The van der Waals surface area contributed by atoms with Gasteiger partial charge in [0, 0.05) is 16.7 Å². The van der Waals surface area contributed by atoms with Crippen LogP contribution >= 0.6 is 0 Å². The molecule has 1 aromatic heterocycles. The summed E-state index contributed by atoms with van der Waals surface area (Å²) in [5.74, 6) is 1.93. The Balaban J connectivity index is 1.14. The molecule has 2 aliphatic carbocycles. The van der Waals surface area contributed by atoms with Crippen LogP contribution in [0.2, 0.25) is 0 Å². The third-order valence-corrected chi connectivity index (χ3v) is 12.1. The third kappa shape index (κ3) is 4.63.